The molecule has 28 heavy (non-hydrogen) atoms. The van der Waals surface area contributed by atoms with Crippen LogP contribution in [-0.2, 0) is 19.4 Å². The van der Waals surface area contributed by atoms with Gasteiger partial charge >= 0.3 is 0 Å². The van der Waals surface area contributed by atoms with Gasteiger partial charge in [-0.2, -0.15) is 5.10 Å². The number of aromatic nitrogens is 3. The lowest BCUT2D eigenvalue weighted by atomic mass is 10.2. The smallest absolute Gasteiger partial charge is 0.249 e. The summed E-state index contributed by atoms with van der Waals surface area (Å²) in [4.78, 5) is 28.0. The van der Waals surface area contributed by atoms with E-state index < -0.39 is 27.5 Å². The highest BCUT2D eigenvalue weighted by molar-refractivity contribution is 7.92. The van der Waals surface area contributed by atoms with E-state index in [9.17, 15) is 18.0 Å². The normalized spacial score (nSPS) is 12.4. The van der Waals surface area contributed by atoms with E-state index >= 15 is 0 Å². The molecule has 0 saturated carbocycles. The Morgan fingerprint density at radius 3 is 2.32 bits per heavy atom. The largest absolute Gasteiger partial charge is 0.325 e. The van der Waals surface area contributed by atoms with Gasteiger partial charge in [0.2, 0.25) is 11.8 Å². The van der Waals surface area contributed by atoms with Crippen LogP contribution >= 0.6 is 0 Å². The second kappa shape index (κ2) is 9.98. The quantitative estimate of drug-likeness (QED) is 0.581. The molecule has 1 aromatic carbocycles. The molecule has 0 aliphatic rings. The summed E-state index contributed by atoms with van der Waals surface area (Å²) < 4.78 is 25.3. The molecular weight excluding hydrogens is 382 g/mol. The van der Waals surface area contributed by atoms with Gasteiger partial charge in [0.05, 0.1) is 5.75 Å². The van der Waals surface area contributed by atoms with Crippen LogP contribution in [0.25, 0.3) is 0 Å². The van der Waals surface area contributed by atoms with Crippen LogP contribution in [-0.4, -0.2) is 46.5 Å². The zero-order chi connectivity index (χ0) is 20.6. The second-order valence-corrected chi connectivity index (χ2v) is 8.65. The van der Waals surface area contributed by atoms with Crippen LogP contribution in [0.4, 0.5) is 11.4 Å². The number of unbranched alkanes of at least 4 members (excludes halogenated alkanes) is 2. The molecule has 1 heterocycles. The number of nitrogens with zero attached hydrogens (tertiary/aromatic N) is 3. The van der Waals surface area contributed by atoms with Crippen molar-refractivity contribution in [2.45, 2.75) is 39.2 Å². The van der Waals surface area contributed by atoms with E-state index in [1.54, 1.807) is 31.2 Å². The molecule has 0 aliphatic heterocycles. The van der Waals surface area contributed by atoms with Crippen molar-refractivity contribution >= 4 is 33.0 Å². The summed E-state index contributed by atoms with van der Waals surface area (Å²) in [7, 11) is -3.41. The van der Waals surface area contributed by atoms with E-state index in [0.717, 1.165) is 12.8 Å². The number of hydrogen-bond donors (Lipinski definition) is 2. The SMILES string of the molecule is CCCCCS(=O)(=O)CC(=O)Nc1ccc(NC(=O)C(C)n2cncn2)cc1. The first-order chi connectivity index (χ1) is 13.3. The molecule has 2 aromatic rings. The summed E-state index contributed by atoms with van der Waals surface area (Å²) >= 11 is 0. The monoisotopic (exact) mass is 407 g/mol. The minimum Gasteiger partial charge on any atom is -0.325 e. The number of nitrogens with one attached hydrogen (secondary N) is 2. The van der Waals surface area contributed by atoms with Gasteiger partial charge in [-0.05, 0) is 37.6 Å². The number of amides is 2. The molecule has 2 rings (SSSR count). The molecule has 1 aromatic heterocycles. The molecule has 9 nitrogen and oxygen atoms in total. The molecule has 0 radical (unpaired) electrons. The summed E-state index contributed by atoms with van der Waals surface area (Å²) in [5, 5.41) is 9.23. The molecule has 2 N–H and O–H groups in total. The lowest BCUT2D eigenvalue weighted by molar-refractivity contribution is -0.119. The molecule has 0 bridgehead atoms. The second-order valence-electron chi connectivity index (χ2n) is 6.47. The third-order valence-electron chi connectivity index (χ3n) is 4.06. The molecule has 2 amide bonds. The maximum absolute atomic E-state index is 12.2. The van der Waals surface area contributed by atoms with Gasteiger partial charge in [0.25, 0.3) is 0 Å². The third-order valence-corrected chi connectivity index (χ3v) is 5.67. The van der Waals surface area contributed by atoms with Crippen LogP contribution in [0.2, 0.25) is 0 Å². The van der Waals surface area contributed by atoms with Crippen molar-refractivity contribution in [2.75, 3.05) is 22.1 Å². The molecule has 0 saturated heterocycles. The highest BCUT2D eigenvalue weighted by Gasteiger charge is 2.17. The first-order valence-electron chi connectivity index (χ1n) is 9.06. The van der Waals surface area contributed by atoms with Crippen LogP contribution in [0.1, 0.15) is 39.2 Å². The Morgan fingerprint density at radius 2 is 1.75 bits per heavy atom. The lowest BCUT2D eigenvalue weighted by Crippen LogP contribution is -2.25. The Kier molecular flexibility index (Phi) is 7.68. The molecule has 0 fully saturated rings. The fraction of sp³-hybridized carbons (Fsp3) is 0.444. The van der Waals surface area contributed by atoms with Crippen molar-refractivity contribution in [1.29, 1.82) is 0 Å². The predicted molar refractivity (Wildman–Crippen MR) is 107 cm³/mol. The topological polar surface area (TPSA) is 123 Å². The minimum atomic E-state index is -3.41. The standard InChI is InChI=1S/C18H25N5O4S/c1-3-4-5-10-28(26,27)11-17(24)21-15-6-8-16(9-7-15)22-18(25)14(2)23-13-19-12-20-23/h6-9,12-14H,3-5,10-11H2,1-2H3,(H,21,24)(H,22,25). The number of rotatable bonds is 10. The molecule has 0 spiro atoms. The van der Waals surface area contributed by atoms with Gasteiger partial charge in [-0.15, -0.1) is 0 Å². The third kappa shape index (κ3) is 6.76. The van der Waals surface area contributed by atoms with Crippen LogP contribution in [0, 0.1) is 0 Å². The van der Waals surface area contributed by atoms with E-state index in [4.69, 9.17) is 0 Å². The maximum atomic E-state index is 12.2. The number of benzene rings is 1. The lowest BCUT2D eigenvalue weighted by Gasteiger charge is -2.12. The average Bonchev–Trinajstić information content (AvgIpc) is 3.17. The van der Waals surface area contributed by atoms with Crippen LogP contribution < -0.4 is 10.6 Å². The number of anilines is 2. The van der Waals surface area contributed by atoms with E-state index in [1.165, 1.54) is 17.3 Å². The summed E-state index contributed by atoms with van der Waals surface area (Å²) in [5.74, 6) is -1.36. The summed E-state index contributed by atoms with van der Waals surface area (Å²) in [6.45, 7) is 3.68. The molecular formula is C18H25N5O4S. The minimum absolute atomic E-state index is 0.0170. The fourth-order valence-corrected chi connectivity index (χ4v) is 3.72. The van der Waals surface area contributed by atoms with E-state index in [2.05, 4.69) is 20.7 Å². The molecule has 0 aliphatic carbocycles. The fourth-order valence-electron chi connectivity index (χ4n) is 2.46. The average molecular weight is 407 g/mol. The van der Waals surface area contributed by atoms with Gasteiger partial charge in [0.1, 0.15) is 24.4 Å². The summed E-state index contributed by atoms with van der Waals surface area (Å²) in [6, 6.07) is 5.91. The Hall–Kier alpha value is -2.75. The molecule has 1 unspecified atom stereocenters. The number of carbonyl (C=O) groups excluding carboxylic acids is 2. The van der Waals surface area contributed by atoms with Gasteiger partial charge in [0.15, 0.2) is 9.84 Å². The Bertz CT molecular complexity index is 879. The number of carbonyl (C=O) groups is 2. The van der Waals surface area contributed by atoms with Crippen LogP contribution in [0.5, 0.6) is 0 Å². The summed E-state index contributed by atoms with van der Waals surface area (Å²) in [5.41, 5.74) is 0.998. The Balaban J connectivity index is 1.86. The number of hydrogen-bond acceptors (Lipinski definition) is 6. The van der Waals surface area contributed by atoms with Crippen LogP contribution in [0.15, 0.2) is 36.9 Å². The maximum Gasteiger partial charge on any atom is 0.249 e. The first-order valence-corrected chi connectivity index (χ1v) is 10.9. The van der Waals surface area contributed by atoms with Gasteiger partial charge in [-0.1, -0.05) is 19.8 Å². The Morgan fingerprint density at radius 1 is 1.11 bits per heavy atom. The van der Waals surface area contributed by atoms with E-state index in [0.29, 0.717) is 17.8 Å². The Labute approximate surface area is 164 Å². The van der Waals surface area contributed by atoms with Gasteiger partial charge in [0, 0.05) is 11.4 Å². The predicted octanol–water partition coefficient (Wildman–Crippen LogP) is 2.02. The van der Waals surface area contributed by atoms with Gasteiger partial charge in [-0.25, -0.2) is 18.1 Å². The highest BCUT2D eigenvalue weighted by atomic mass is 32.2. The van der Waals surface area contributed by atoms with Gasteiger partial charge < -0.3 is 10.6 Å². The molecule has 1 atom stereocenters. The zero-order valence-electron chi connectivity index (χ0n) is 16.0. The van der Waals surface area contributed by atoms with Crippen molar-refractivity contribution in [1.82, 2.24) is 14.8 Å². The van der Waals surface area contributed by atoms with Crippen molar-refractivity contribution < 1.29 is 18.0 Å². The zero-order valence-corrected chi connectivity index (χ0v) is 16.8. The van der Waals surface area contributed by atoms with E-state index in [-0.39, 0.29) is 11.7 Å². The van der Waals surface area contributed by atoms with Crippen molar-refractivity contribution in [3.05, 3.63) is 36.9 Å². The van der Waals surface area contributed by atoms with E-state index in [1.807, 2.05) is 6.92 Å². The number of sulfone groups is 1. The summed E-state index contributed by atoms with van der Waals surface area (Å²) in [6.07, 6.45) is 5.11. The molecule has 10 heteroatoms. The first kappa shape index (κ1) is 21.5. The molecule has 152 valence electrons. The van der Waals surface area contributed by atoms with Crippen LogP contribution in [0.3, 0.4) is 0 Å². The van der Waals surface area contributed by atoms with Crippen molar-refractivity contribution in [3.63, 3.8) is 0 Å². The highest BCUT2D eigenvalue weighted by Crippen LogP contribution is 2.15. The van der Waals surface area contributed by atoms with Crippen molar-refractivity contribution in [3.8, 4) is 0 Å². The van der Waals surface area contributed by atoms with Gasteiger partial charge in [-0.3, -0.25) is 9.59 Å². The van der Waals surface area contributed by atoms with Crippen molar-refractivity contribution in [2.24, 2.45) is 0 Å².